The summed E-state index contributed by atoms with van der Waals surface area (Å²) in [5, 5.41) is 6.89. The normalized spacial score (nSPS) is 14.2. The van der Waals surface area contributed by atoms with Crippen LogP contribution < -0.4 is 15.5 Å². The highest BCUT2D eigenvalue weighted by atomic mass is 15.2. The zero-order chi connectivity index (χ0) is 21.8. The number of hydrogen-bond donors (Lipinski definition) is 2. The summed E-state index contributed by atoms with van der Waals surface area (Å²) in [7, 11) is 0. The zero-order valence-electron chi connectivity index (χ0n) is 18.2. The molecule has 0 unspecified atom stereocenters. The molecule has 1 fully saturated rings. The first kappa shape index (κ1) is 20.6. The van der Waals surface area contributed by atoms with E-state index in [0.717, 1.165) is 48.6 Å². The average Bonchev–Trinajstić information content (AvgIpc) is 2.77. The fourth-order valence-electron chi connectivity index (χ4n) is 4.00. The summed E-state index contributed by atoms with van der Waals surface area (Å²) in [5.74, 6) is 1.37. The molecule has 3 heterocycles. The van der Waals surface area contributed by atoms with Crippen LogP contribution in [-0.2, 0) is 0 Å². The van der Waals surface area contributed by atoms with Crippen molar-refractivity contribution in [3.8, 4) is 0 Å². The van der Waals surface area contributed by atoms with Crippen molar-refractivity contribution in [1.82, 2.24) is 15.0 Å². The van der Waals surface area contributed by atoms with Gasteiger partial charge < -0.3 is 15.5 Å². The summed E-state index contributed by atoms with van der Waals surface area (Å²) in [4.78, 5) is 19.3. The van der Waals surface area contributed by atoms with Gasteiger partial charge in [0.1, 0.15) is 5.82 Å². The molecule has 0 aliphatic carbocycles. The molecule has 0 atom stereocenters. The Morgan fingerprint density at radius 2 is 1.81 bits per heavy atom. The van der Waals surface area contributed by atoms with Crippen molar-refractivity contribution >= 4 is 28.8 Å². The van der Waals surface area contributed by atoms with E-state index in [1.165, 1.54) is 11.3 Å². The van der Waals surface area contributed by atoms with E-state index in [-0.39, 0.29) is 0 Å². The van der Waals surface area contributed by atoms with Gasteiger partial charge in [-0.25, -0.2) is 9.83 Å². The van der Waals surface area contributed by atoms with E-state index in [1.807, 2.05) is 44.4 Å². The first-order valence-corrected chi connectivity index (χ1v) is 10.5. The van der Waals surface area contributed by atoms with Crippen LogP contribution in [0.1, 0.15) is 29.5 Å². The second-order valence-corrected chi connectivity index (χ2v) is 8.08. The van der Waals surface area contributed by atoms with Crippen molar-refractivity contribution in [1.29, 1.82) is 0 Å². The van der Waals surface area contributed by atoms with E-state index >= 15 is 0 Å². The van der Waals surface area contributed by atoms with Gasteiger partial charge in [0, 0.05) is 37.2 Å². The van der Waals surface area contributed by atoms with Gasteiger partial charge in [-0.2, -0.15) is 4.98 Å². The third-order valence-corrected chi connectivity index (χ3v) is 5.61. The fraction of sp³-hybridized carbons (Fsp3) is 0.333. The fourth-order valence-corrected chi connectivity index (χ4v) is 4.00. The smallest absolute Gasteiger partial charge is 0.224 e. The molecule has 2 N–H and O–H groups in total. The summed E-state index contributed by atoms with van der Waals surface area (Å²) in [6.45, 7) is 15.3. The van der Waals surface area contributed by atoms with Gasteiger partial charge in [0.2, 0.25) is 5.95 Å². The third kappa shape index (κ3) is 4.92. The summed E-state index contributed by atoms with van der Waals surface area (Å²) < 4.78 is 0. The van der Waals surface area contributed by atoms with Gasteiger partial charge in [0.05, 0.1) is 18.5 Å². The molecule has 4 rings (SSSR count). The molecule has 0 radical (unpaired) electrons. The van der Waals surface area contributed by atoms with Gasteiger partial charge in [0.15, 0.2) is 5.69 Å². The highest BCUT2D eigenvalue weighted by Crippen LogP contribution is 2.29. The van der Waals surface area contributed by atoms with Crippen molar-refractivity contribution < 1.29 is 0 Å². The van der Waals surface area contributed by atoms with E-state index < -0.39 is 0 Å². The molecule has 2 aromatic heterocycles. The first-order chi connectivity index (χ1) is 15.0. The van der Waals surface area contributed by atoms with Crippen LogP contribution in [0.2, 0.25) is 0 Å². The van der Waals surface area contributed by atoms with Crippen molar-refractivity contribution in [3.05, 3.63) is 71.0 Å². The lowest BCUT2D eigenvalue weighted by molar-refractivity contribution is 0.523. The Bertz CT molecular complexity index is 1090. The number of nitrogens with one attached hydrogen (secondary N) is 2. The molecule has 1 saturated heterocycles. The first-order valence-electron chi connectivity index (χ1n) is 10.5. The Kier molecular flexibility index (Phi) is 5.99. The van der Waals surface area contributed by atoms with Gasteiger partial charge in [0.25, 0.3) is 0 Å². The molecule has 7 heteroatoms. The van der Waals surface area contributed by atoms with E-state index in [1.54, 1.807) is 6.20 Å². The van der Waals surface area contributed by atoms with Gasteiger partial charge in [-0.05, 0) is 62.4 Å². The molecule has 0 amide bonds. The van der Waals surface area contributed by atoms with Crippen molar-refractivity contribution in [2.45, 2.75) is 39.7 Å². The Labute approximate surface area is 183 Å². The highest BCUT2D eigenvalue weighted by molar-refractivity contribution is 5.69. The molecule has 1 aliphatic heterocycles. The van der Waals surface area contributed by atoms with Gasteiger partial charge in [-0.15, -0.1) is 0 Å². The molecule has 7 nitrogen and oxygen atoms in total. The predicted octanol–water partition coefficient (Wildman–Crippen LogP) is 5.17. The molecule has 0 spiro atoms. The molecule has 1 aliphatic rings. The van der Waals surface area contributed by atoms with Crippen LogP contribution in [-0.4, -0.2) is 34.1 Å². The molecule has 3 aromatic rings. The van der Waals surface area contributed by atoms with Crippen LogP contribution in [0, 0.1) is 27.3 Å². The quantitative estimate of drug-likeness (QED) is 0.562. The number of pyridine rings is 1. The largest absolute Gasteiger partial charge is 0.370 e. The topological polar surface area (TPSA) is 70.3 Å². The molecular formula is C24H27N7. The standard InChI is InChI=1S/C24H27N7/c1-16-11-21(15-26-14-16)31-9-6-19(7-10-31)28-24-27-8-5-22(30-24)29-23-17(2)12-20(25-4)13-18(23)3/h5,8,11-15,19H,6-7,9-10H2,1-3H3,(H2,27,28,29,30). The predicted molar refractivity (Wildman–Crippen MR) is 125 cm³/mol. The minimum absolute atomic E-state index is 0.339. The van der Waals surface area contributed by atoms with Crippen LogP contribution in [0.25, 0.3) is 4.85 Å². The second kappa shape index (κ2) is 9.00. The molecule has 0 saturated carbocycles. The average molecular weight is 414 g/mol. The lowest BCUT2D eigenvalue weighted by atomic mass is 10.0. The minimum Gasteiger partial charge on any atom is -0.370 e. The van der Waals surface area contributed by atoms with Crippen LogP contribution in [0.15, 0.2) is 42.9 Å². The maximum atomic E-state index is 7.22. The molecule has 0 bridgehead atoms. The van der Waals surface area contributed by atoms with Crippen LogP contribution in [0.4, 0.5) is 28.8 Å². The summed E-state index contributed by atoms with van der Waals surface area (Å²) in [6.07, 6.45) is 7.63. The lowest BCUT2D eigenvalue weighted by Crippen LogP contribution is -2.39. The Morgan fingerprint density at radius 3 is 2.48 bits per heavy atom. The van der Waals surface area contributed by atoms with E-state index in [2.05, 4.69) is 48.3 Å². The van der Waals surface area contributed by atoms with E-state index in [9.17, 15) is 0 Å². The number of benzene rings is 1. The van der Waals surface area contributed by atoms with Gasteiger partial charge >= 0.3 is 0 Å². The number of hydrogen-bond acceptors (Lipinski definition) is 6. The molecule has 158 valence electrons. The third-order valence-electron chi connectivity index (χ3n) is 5.61. The Hall–Kier alpha value is -3.66. The SMILES string of the molecule is [C-]#[N+]c1cc(C)c(Nc2ccnc(NC3CCN(c4cncc(C)c4)CC3)n2)c(C)c1. The van der Waals surface area contributed by atoms with E-state index in [4.69, 9.17) is 6.57 Å². The molecule has 1 aromatic carbocycles. The highest BCUT2D eigenvalue weighted by Gasteiger charge is 2.20. The second-order valence-electron chi connectivity index (χ2n) is 8.08. The molecule has 31 heavy (non-hydrogen) atoms. The summed E-state index contributed by atoms with van der Waals surface area (Å²) >= 11 is 0. The van der Waals surface area contributed by atoms with Crippen LogP contribution in [0.3, 0.4) is 0 Å². The van der Waals surface area contributed by atoms with E-state index in [0.29, 0.717) is 17.7 Å². The maximum absolute atomic E-state index is 7.22. The van der Waals surface area contributed by atoms with Crippen LogP contribution in [0.5, 0.6) is 0 Å². The van der Waals surface area contributed by atoms with Crippen molar-refractivity contribution in [2.24, 2.45) is 0 Å². The number of nitrogens with zero attached hydrogens (tertiary/aromatic N) is 5. The monoisotopic (exact) mass is 413 g/mol. The zero-order valence-corrected chi connectivity index (χ0v) is 18.2. The van der Waals surface area contributed by atoms with Crippen molar-refractivity contribution in [3.63, 3.8) is 0 Å². The maximum Gasteiger partial charge on any atom is 0.224 e. The number of aromatic nitrogens is 3. The Balaban J connectivity index is 1.39. The summed E-state index contributed by atoms with van der Waals surface area (Å²) in [5.41, 5.74) is 6.06. The van der Waals surface area contributed by atoms with Gasteiger partial charge in [-0.1, -0.05) is 12.1 Å². The minimum atomic E-state index is 0.339. The number of aryl methyl sites for hydroxylation is 3. The number of rotatable bonds is 5. The van der Waals surface area contributed by atoms with Gasteiger partial charge in [-0.3, -0.25) is 4.98 Å². The number of anilines is 4. The molecular weight excluding hydrogens is 386 g/mol. The lowest BCUT2D eigenvalue weighted by Gasteiger charge is -2.33. The summed E-state index contributed by atoms with van der Waals surface area (Å²) in [6, 6.07) is 8.17. The van der Waals surface area contributed by atoms with Crippen LogP contribution >= 0.6 is 0 Å². The Morgan fingerprint density at radius 1 is 1.06 bits per heavy atom. The number of piperidine rings is 1. The van der Waals surface area contributed by atoms with Crippen molar-refractivity contribution in [2.75, 3.05) is 28.6 Å².